The molecule has 0 N–H and O–H groups in total. The third-order valence-electron chi connectivity index (χ3n) is 4.33. The van der Waals surface area contributed by atoms with E-state index in [1.54, 1.807) is 0 Å². The minimum Gasteiger partial charge on any atom is -0.374 e. The van der Waals surface area contributed by atoms with Gasteiger partial charge in [-0.3, -0.25) is 0 Å². The highest BCUT2D eigenvalue weighted by Gasteiger charge is 2.48. The SMILES string of the molecule is CN1C[C@@H](c2ccccc2)C(C#N)(C#N)c2cc(Br)ccc21. The lowest BCUT2D eigenvalue weighted by atomic mass is 9.66. The van der Waals surface area contributed by atoms with E-state index in [0.717, 1.165) is 21.3 Å². The molecule has 1 atom stereocenters. The number of nitriles is 2. The summed E-state index contributed by atoms with van der Waals surface area (Å²) in [5.74, 6) is -0.185. The minimum atomic E-state index is -1.17. The highest BCUT2D eigenvalue weighted by molar-refractivity contribution is 9.10. The summed E-state index contributed by atoms with van der Waals surface area (Å²) in [7, 11) is 2.00. The van der Waals surface area contributed by atoms with Crippen molar-refractivity contribution in [3.05, 3.63) is 64.1 Å². The monoisotopic (exact) mass is 351 g/mol. The van der Waals surface area contributed by atoms with E-state index in [2.05, 4.69) is 33.0 Å². The van der Waals surface area contributed by atoms with Crippen LogP contribution in [0.4, 0.5) is 5.69 Å². The maximum absolute atomic E-state index is 9.89. The van der Waals surface area contributed by atoms with E-state index < -0.39 is 5.41 Å². The Morgan fingerprint density at radius 3 is 2.45 bits per heavy atom. The van der Waals surface area contributed by atoms with Crippen molar-refractivity contribution in [1.29, 1.82) is 10.5 Å². The van der Waals surface area contributed by atoms with Crippen LogP contribution in [0.1, 0.15) is 17.0 Å². The molecule has 2 aromatic rings. The zero-order valence-corrected chi connectivity index (χ0v) is 13.7. The Kier molecular flexibility index (Phi) is 3.64. The molecule has 3 rings (SSSR count). The van der Waals surface area contributed by atoms with Crippen LogP contribution >= 0.6 is 15.9 Å². The Morgan fingerprint density at radius 2 is 1.82 bits per heavy atom. The van der Waals surface area contributed by atoms with Crippen molar-refractivity contribution >= 4 is 21.6 Å². The van der Waals surface area contributed by atoms with Crippen LogP contribution in [-0.2, 0) is 5.41 Å². The fraction of sp³-hybridized carbons (Fsp3) is 0.222. The Morgan fingerprint density at radius 1 is 1.14 bits per heavy atom. The second kappa shape index (κ2) is 5.48. The van der Waals surface area contributed by atoms with E-state index in [1.165, 1.54) is 0 Å². The zero-order chi connectivity index (χ0) is 15.7. The van der Waals surface area contributed by atoms with Gasteiger partial charge in [-0.05, 0) is 23.8 Å². The largest absolute Gasteiger partial charge is 0.374 e. The number of likely N-dealkylation sites (N-methyl/N-ethyl adjacent to an activating group) is 1. The highest BCUT2D eigenvalue weighted by atomic mass is 79.9. The summed E-state index contributed by atoms with van der Waals surface area (Å²) >= 11 is 3.46. The van der Waals surface area contributed by atoms with E-state index in [9.17, 15) is 10.5 Å². The normalized spacial score (nSPS) is 18.9. The lowest BCUT2D eigenvalue weighted by molar-refractivity contribution is 0.505. The molecule has 0 fully saturated rings. The topological polar surface area (TPSA) is 50.8 Å². The number of nitrogens with zero attached hydrogens (tertiary/aromatic N) is 3. The number of hydrogen-bond donors (Lipinski definition) is 0. The van der Waals surface area contributed by atoms with Crippen LogP contribution in [0.3, 0.4) is 0 Å². The van der Waals surface area contributed by atoms with Gasteiger partial charge in [0.2, 0.25) is 0 Å². The van der Waals surface area contributed by atoms with Crippen LogP contribution in [0.5, 0.6) is 0 Å². The second-order valence-corrected chi connectivity index (χ2v) is 6.45. The third-order valence-corrected chi connectivity index (χ3v) is 4.82. The quantitative estimate of drug-likeness (QED) is 0.780. The molecule has 0 bridgehead atoms. The number of anilines is 1. The third kappa shape index (κ3) is 2.08. The molecule has 1 aliphatic rings. The van der Waals surface area contributed by atoms with Crippen molar-refractivity contribution < 1.29 is 0 Å². The predicted octanol–water partition coefficient (Wildman–Crippen LogP) is 3.97. The van der Waals surface area contributed by atoms with E-state index >= 15 is 0 Å². The van der Waals surface area contributed by atoms with E-state index in [-0.39, 0.29) is 5.92 Å². The number of halogens is 1. The van der Waals surface area contributed by atoms with Crippen molar-refractivity contribution in [1.82, 2.24) is 0 Å². The van der Waals surface area contributed by atoms with E-state index in [1.807, 2.05) is 55.6 Å². The van der Waals surface area contributed by atoms with Gasteiger partial charge in [0.25, 0.3) is 0 Å². The van der Waals surface area contributed by atoms with Gasteiger partial charge in [-0.2, -0.15) is 10.5 Å². The smallest absolute Gasteiger partial charge is 0.179 e. The second-order valence-electron chi connectivity index (χ2n) is 5.54. The number of hydrogen-bond acceptors (Lipinski definition) is 3. The molecule has 1 heterocycles. The maximum atomic E-state index is 9.89. The summed E-state index contributed by atoms with van der Waals surface area (Å²) < 4.78 is 0.878. The van der Waals surface area contributed by atoms with Crippen molar-refractivity contribution in [2.24, 2.45) is 0 Å². The fourth-order valence-corrected chi connectivity index (χ4v) is 3.56. The summed E-state index contributed by atoms with van der Waals surface area (Å²) in [6.07, 6.45) is 0. The molecule has 0 aliphatic carbocycles. The Labute approximate surface area is 138 Å². The molecular formula is C18H14BrN3. The Bertz CT molecular complexity index is 772. The number of benzene rings is 2. The molecule has 0 radical (unpaired) electrons. The van der Waals surface area contributed by atoms with Gasteiger partial charge in [0.15, 0.2) is 5.41 Å². The first-order valence-corrected chi connectivity index (χ1v) is 7.80. The lowest BCUT2D eigenvalue weighted by Crippen LogP contribution is -2.44. The number of rotatable bonds is 1. The predicted molar refractivity (Wildman–Crippen MR) is 89.5 cm³/mol. The van der Waals surface area contributed by atoms with Crippen LogP contribution in [0.15, 0.2) is 53.0 Å². The van der Waals surface area contributed by atoms with Gasteiger partial charge in [-0.15, -0.1) is 0 Å². The molecule has 0 amide bonds. The summed E-state index contributed by atoms with van der Waals surface area (Å²) in [4.78, 5) is 2.12. The summed E-state index contributed by atoms with van der Waals surface area (Å²) in [6, 6.07) is 20.2. The molecule has 0 unspecified atom stereocenters. The molecule has 2 aromatic carbocycles. The first-order valence-electron chi connectivity index (χ1n) is 7.01. The zero-order valence-electron chi connectivity index (χ0n) is 12.1. The molecule has 3 nitrogen and oxygen atoms in total. The molecule has 108 valence electrons. The molecule has 4 heteroatoms. The van der Waals surface area contributed by atoms with E-state index in [4.69, 9.17) is 0 Å². The molecule has 0 saturated heterocycles. The number of fused-ring (bicyclic) bond motifs is 1. The van der Waals surface area contributed by atoms with Crippen LogP contribution in [-0.4, -0.2) is 13.6 Å². The Balaban J connectivity index is 2.27. The van der Waals surface area contributed by atoms with Crippen molar-refractivity contribution in [2.45, 2.75) is 11.3 Å². The van der Waals surface area contributed by atoms with Gasteiger partial charge < -0.3 is 4.90 Å². The Hall–Kier alpha value is -2.30. The van der Waals surface area contributed by atoms with Gasteiger partial charge in [-0.25, -0.2) is 0 Å². The summed E-state index contributed by atoms with van der Waals surface area (Å²) in [6.45, 7) is 0.639. The first-order chi connectivity index (χ1) is 10.6. The van der Waals surface area contributed by atoms with Crippen molar-refractivity contribution in [2.75, 3.05) is 18.5 Å². The van der Waals surface area contributed by atoms with Crippen LogP contribution < -0.4 is 4.90 Å². The van der Waals surface area contributed by atoms with Gasteiger partial charge >= 0.3 is 0 Å². The average Bonchev–Trinajstić information content (AvgIpc) is 2.56. The standard InChI is InChI=1S/C18H14BrN3/c1-22-10-16(13-5-3-2-4-6-13)18(11-20,12-21)15-9-14(19)7-8-17(15)22/h2-9,16H,10H2,1H3/t16-/m0/s1. The van der Waals surface area contributed by atoms with Crippen LogP contribution in [0, 0.1) is 22.7 Å². The van der Waals surface area contributed by atoms with Crippen LogP contribution in [0.25, 0.3) is 0 Å². The first kappa shape index (κ1) is 14.6. The molecule has 0 aromatic heterocycles. The van der Waals surface area contributed by atoms with Gasteiger partial charge in [-0.1, -0.05) is 46.3 Å². The summed E-state index contributed by atoms with van der Waals surface area (Å²) in [5.41, 5.74) is 1.56. The molecule has 0 spiro atoms. The average molecular weight is 352 g/mol. The van der Waals surface area contributed by atoms with E-state index in [0.29, 0.717) is 6.54 Å². The molecular weight excluding hydrogens is 338 g/mol. The molecule has 0 saturated carbocycles. The van der Waals surface area contributed by atoms with Crippen molar-refractivity contribution in [3.63, 3.8) is 0 Å². The molecule has 1 aliphatic heterocycles. The van der Waals surface area contributed by atoms with Gasteiger partial charge in [0, 0.05) is 35.2 Å². The summed E-state index contributed by atoms with van der Waals surface area (Å²) in [5, 5.41) is 19.8. The van der Waals surface area contributed by atoms with Crippen LogP contribution in [0.2, 0.25) is 0 Å². The fourth-order valence-electron chi connectivity index (χ4n) is 3.20. The van der Waals surface area contributed by atoms with Crippen molar-refractivity contribution in [3.8, 4) is 12.1 Å². The molecule has 22 heavy (non-hydrogen) atoms. The highest BCUT2D eigenvalue weighted by Crippen LogP contribution is 2.47. The van der Waals surface area contributed by atoms with Gasteiger partial charge in [0.05, 0.1) is 12.1 Å². The van der Waals surface area contributed by atoms with Gasteiger partial charge in [0.1, 0.15) is 0 Å². The lowest BCUT2D eigenvalue weighted by Gasteiger charge is -2.41. The minimum absolute atomic E-state index is 0.185. The maximum Gasteiger partial charge on any atom is 0.179 e.